The molecule has 4 aromatic heterocycles. The maximum Gasteiger partial charge on any atom is 0.408 e. The van der Waals surface area contributed by atoms with E-state index in [4.69, 9.17) is 4.74 Å². The molecule has 17 heteroatoms. The highest BCUT2D eigenvalue weighted by Gasteiger charge is 2.51. The fraction of sp³-hybridized carbons (Fsp3) is 0.286. The number of pyridine rings is 1. The lowest BCUT2D eigenvalue weighted by molar-refractivity contribution is -0.141. The summed E-state index contributed by atoms with van der Waals surface area (Å²) in [5.74, 6) is -4.33. The van der Waals surface area contributed by atoms with Gasteiger partial charge in [0.25, 0.3) is 5.56 Å². The number of alkyl halides is 5. The Hall–Kier alpha value is -4.88. The number of halogens is 5. The lowest BCUT2D eigenvalue weighted by Crippen LogP contribution is -2.36. The summed E-state index contributed by atoms with van der Waals surface area (Å²) in [4.78, 5) is 40.6. The van der Waals surface area contributed by atoms with E-state index in [9.17, 15) is 36.8 Å². The molecule has 0 amide bonds. The van der Waals surface area contributed by atoms with Crippen LogP contribution < -0.4 is 20.9 Å². The number of aromatic nitrogens is 7. The first-order valence-corrected chi connectivity index (χ1v) is 10.7. The average molecular weight is 535 g/mol. The van der Waals surface area contributed by atoms with Crippen LogP contribution in [-0.4, -0.2) is 66.0 Å². The van der Waals surface area contributed by atoms with Gasteiger partial charge in [0.05, 0.1) is 36.1 Å². The van der Waals surface area contributed by atoms with Gasteiger partial charge in [-0.3, -0.25) is 14.5 Å². The van der Waals surface area contributed by atoms with Crippen molar-refractivity contribution >= 4 is 16.7 Å². The lowest BCUT2D eigenvalue weighted by Gasteiger charge is -2.18. The maximum atomic E-state index is 14.9. The number of fused-ring (bicyclic) bond motifs is 1. The van der Waals surface area contributed by atoms with Crippen LogP contribution in [0.2, 0.25) is 0 Å². The van der Waals surface area contributed by atoms with Crippen molar-refractivity contribution in [2.75, 3.05) is 18.0 Å². The number of anilines is 1. The second-order valence-electron chi connectivity index (χ2n) is 8.28. The molecule has 0 bridgehead atoms. The minimum absolute atomic E-state index is 0.00396. The van der Waals surface area contributed by atoms with Gasteiger partial charge >= 0.3 is 17.8 Å². The zero-order valence-electron chi connectivity index (χ0n) is 18.8. The van der Waals surface area contributed by atoms with Gasteiger partial charge in [0.15, 0.2) is 6.10 Å². The molecule has 1 fully saturated rings. The summed E-state index contributed by atoms with van der Waals surface area (Å²) in [7, 11) is 0. The van der Waals surface area contributed by atoms with Gasteiger partial charge in [0.1, 0.15) is 18.4 Å². The van der Waals surface area contributed by atoms with Gasteiger partial charge in [-0.2, -0.15) is 23.5 Å². The topological polar surface area (TPSA) is 158 Å². The molecule has 4 aromatic rings. The molecule has 38 heavy (non-hydrogen) atoms. The molecule has 0 spiro atoms. The predicted molar refractivity (Wildman–Crippen MR) is 119 cm³/mol. The van der Waals surface area contributed by atoms with E-state index in [-0.39, 0.29) is 33.9 Å². The molecule has 5 heterocycles. The van der Waals surface area contributed by atoms with E-state index < -0.39 is 54.9 Å². The molecule has 1 atom stereocenters. The summed E-state index contributed by atoms with van der Waals surface area (Å²) in [5.41, 5.74) is -1.82. The van der Waals surface area contributed by atoms with E-state index in [1.54, 1.807) is 6.07 Å². The van der Waals surface area contributed by atoms with Crippen LogP contribution in [0.3, 0.4) is 0 Å². The molecule has 1 aliphatic heterocycles. The van der Waals surface area contributed by atoms with E-state index >= 15 is 0 Å². The van der Waals surface area contributed by atoms with Crippen molar-refractivity contribution in [3.05, 3.63) is 57.4 Å². The van der Waals surface area contributed by atoms with E-state index in [1.807, 2.05) is 4.98 Å². The number of rotatable bonds is 5. The van der Waals surface area contributed by atoms with Crippen molar-refractivity contribution in [2.24, 2.45) is 0 Å². The molecule has 5 rings (SSSR count). The van der Waals surface area contributed by atoms with Crippen molar-refractivity contribution in [1.82, 2.24) is 34.7 Å². The van der Waals surface area contributed by atoms with Crippen LogP contribution >= 0.6 is 0 Å². The molecule has 0 radical (unpaired) electrons. The molecule has 1 aliphatic rings. The van der Waals surface area contributed by atoms with Crippen LogP contribution in [-0.2, 0) is 6.54 Å². The van der Waals surface area contributed by atoms with Crippen LogP contribution in [0.15, 0.2) is 40.3 Å². The number of H-pyrrole nitrogens is 2. The van der Waals surface area contributed by atoms with Crippen molar-refractivity contribution in [3.63, 3.8) is 0 Å². The Morgan fingerprint density at radius 3 is 2.71 bits per heavy atom. The van der Waals surface area contributed by atoms with Crippen LogP contribution in [0.1, 0.15) is 5.82 Å². The first kappa shape index (κ1) is 24.8. The Bertz CT molecular complexity index is 1690. The normalized spacial score (nSPS) is 17.1. The standard InChI is InChI=1S/C21H14F5N9O3/c22-20(23)8-34(16-1-12(31-15(3-27)32-16)11-6-29-19(37)33-18(11)36)7-14(20)38-17-2-13-10(4-28-17)5-30-35(13)9-21(24,25)26/h1-2,4-6,14H,7-9H2,(H2,29,33,36,37)/t14-/m0/s1. The lowest BCUT2D eigenvalue weighted by atomic mass is 10.2. The van der Waals surface area contributed by atoms with Crippen molar-refractivity contribution in [3.8, 4) is 23.2 Å². The first-order valence-electron chi connectivity index (χ1n) is 10.7. The summed E-state index contributed by atoms with van der Waals surface area (Å²) >= 11 is 0. The molecule has 0 saturated carbocycles. The van der Waals surface area contributed by atoms with Gasteiger partial charge in [-0.15, -0.1) is 0 Å². The highest BCUT2D eigenvalue weighted by molar-refractivity contribution is 5.78. The first-order chi connectivity index (χ1) is 17.9. The zero-order valence-corrected chi connectivity index (χ0v) is 18.8. The molecule has 0 unspecified atom stereocenters. The van der Waals surface area contributed by atoms with Gasteiger partial charge in [0.2, 0.25) is 11.7 Å². The smallest absolute Gasteiger partial charge is 0.408 e. The molecule has 0 aliphatic carbocycles. The Kier molecular flexibility index (Phi) is 5.81. The average Bonchev–Trinajstić information content (AvgIpc) is 3.37. The van der Waals surface area contributed by atoms with Crippen molar-refractivity contribution in [1.29, 1.82) is 5.26 Å². The van der Waals surface area contributed by atoms with Gasteiger partial charge in [-0.05, 0) is 0 Å². The van der Waals surface area contributed by atoms with Crippen molar-refractivity contribution < 1.29 is 26.7 Å². The summed E-state index contributed by atoms with van der Waals surface area (Å²) < 4.78 is 74.4. The maximum absolute atomic E-state index is 14.9. The largest absolute Gasteiger partial charge is 0.466 e. The van der Waals surface area contributed by atoms with Crippen LogP contribution in [0, 0.1) is 11.3 Å². The molecule has 2 N–H and O–H groups in total. The summed E-state index contributed by atoms with van der Waals surface area (Å²) in [5, 5.41) is 13.2. The fourth-order valence-corrected chi connectivity index (χ4v) is 3.90. The number of aromatic amines is 2. The third-order valence-electron chi connectivity index (χ3n) is 5.58. The SMILES string of the molecule is N#Cc1nc(-c2c[nH]c(=O)[nH]c2=O)cc(N2C[C@H](Oc3cc4c(cn3)cnn4CC(F)(F)F)C(F)(F)C2)n1. The molecule has 0 aromatic carbocycles. The molecule has 196 valence electrons. The summed E-state index contributed by atoms with van der Waals surface area (Å²) in [6, 6.07) is 3.98. The van der Waals surface area contributed by atoms with Crippen molar-refractivity contribution in [2.45, 2.75) is 24.7 Å². The third kappa shape index (κ3) is 4.87. The monoisotopic (exact) mass is 535 g/mol. The van der Waals surface area contributed by atoms with Gasteiger partial charge in [-0.1, -0.05) is 0 Å². The summed E-state index contributed by atoms with van der Waals surface area (Å²) in [6.07, 6.45) is -2.96. The molecular weight excluding hydrogens is 521 g/mol. The second kappa shape index (κ2) is 8.90. The second-order valence-corrected chi connectivity index (χ2v) is 8.28. The van der Waals surface area contributed by atoms with Gasteiger partial charge in [0, 0.05) is 29.9 Å². The molecule has 12 nitrogen and oxygen atoms in total. The van der Waals surface area contributed by atoms with E-state index in [0.717, 1.165) is 29.6 Å². The van der Waals surface area contributed by atoms with E-state index in [2.05, 4.69) is 25.0 Å². The Labute approximate surface area is 207 Å². The van der Waals surface area contributed by atoms with Crippen LogP contribution in [0.4, 0.5) is 27.8 Å². The summed E-state index contributed by atoms with van der Waals surface area (Å²) in [6.45, 7) is -2.73. The quantitative estimate of drug-likeness (QED) is 0.362. The molecular formula is C21H14F5N9O3. The minimum atomic E-state index is -4.55. The number of ether oxygens (including phenoxy) is 1. The highest BCUT2D eigenvalue weighted by atomic mass is 19.4. The molecule has 1 saturated heterocycles. The van der Waals surface area contributed by atoms with E-state index in [1.165, 1.54) is 6.07 Å². The van der Waals surface area contributed by atoms with E-state index in [0.29, 0.717) is 4.68 Å². The highest BCUT2D eigenvalue weighted by Crippen LogP contribution is 2.34. The predicted octanol–water partition coefficient (Wildman–Crippen LogP) is 1.60. The fourth-order valence-electron chi connectivity index (χ4n) is 3.90. The van der Waals surface area contributed by atoms with Gasteiger partial charge in [-0.25, -0.2) is 28.5 Å². The van der Waals surface area contributed by atoms with Crippen LogP contribution in [0.25, 0.3) is 22.2 Å². The number of nitrogens with one attached hydrogen (secondary N) is 2. The van der Waals surface area contributed by atoms with Gasteiger partial charge < -0.3 is 14.6 Å². The van der Waals surface area contributed by atoms with Crippen LogP contribution in [0.5, 0.6) is 5.88 Å². The Morgan fingerprint density at radius 2 is 2.00 bits per heavy atom. The number of nitrogens with zero attached hydrogens (tertiary/aromatic N) is 7. The Morgan fingerprint density at radius 1 is 1.21 bits per heavy atom. The number of hydrogen-bond acceptors (Lipinski definition) is 9. The zero-order chi connectivity index (χ0) is 27.2. The number of hydrogen-bond donors (Lipinski definition) is 2. The number of nitriles is 1. The Balaban J connectivity index is 1.43. The minimum Gasteiger partial charge on any atom is -0.466 e. The third-order valence-corrected chi connectivity index (χ3v) is 5.58.